The van der Waals surface area contributed by atoms with Crippen LogP contribution in [0.15, 0.2) is 34.9 Å². The first-order valence-electron chi connectivity index (χ1n) is 5.27. The number of halogens is 2. The Morgan fingerprint density at radius 2 is 1.82 bits per heavy atom. The maximum Gasteiger partial charge on any atom is 0.191 e. The van der Waals surface area contributed by atoms with Crippen LogP contribution in [-0.2, 0) is 0 Å². The van der Waals surface area contributed by atoms with Crippen LogP contribution in [0.25, 0.3) is 11.3 Å². The minimum Gasteiger partial charge on any atom is -0.485 e. The first-order chi connectivity index (χ1) is 8.08. The lowest BCUT2D eigenvalue weighted by atomic mass is 10.1. The van der Waals surface area contributed by atoms with Gasteiger partial charge < -0.3 is 9.15 Å². The monoisotopic (exact) mass is 238 g/mol. The Balaban J connectivity index is 2.42. The molecule has 2 nitrogen and oxygen atoms in total. The topological polar surface area (TPSA) is 22.4 Å². The van der Waals surface area contributed by atoms with Gasteiger partial charge in [-0.15, -0.1) is 0 Å². The molecule has 0 unspecified atom stereocenters. The summed E-state index contributed by atoms with van der Waals surface area (Å²) >= 11 is 0. The van der Waals surface area contributed by atoms with Crippen molar-refractivity contribution in [2.24, 2.45) is 0 Å². The molecule has 90 valence electrons. The molecule has 0 saturated heterocycles. The van der Waals surface area contributed by atoms with Gasteiger partial charge in [-0.2, -0.15) is 0 Å². The van der Waals surface area contributed by atoms with Gasteiger partial charge in [-0.05, 0) is 38.1 Å². The highest BCUT2D eigenvalue weighted by atomic mass is 19.1. The molecule has 0 aliphatic carbocycles. The van der Waals surface area contributed by atoms with Gasteiger partial charge in [0.2, 0.25) is 0 Å². The van der Waals surface area contributed by atoms with Crippen LogP contribution in [0.1, 0.15) is 13.8 Å². The summed E-state index contributed by atoms with van der Waals surface area (Å²) in [6, 6.07) is 5.68. The fourth-order valence-corrected chi connectivity index (χ4v) is 1.49. The molecule has 1 aromatic carbocycles. The van der Waals surface area contributed by atoms with Crippen LogP contribution < -0.4 is 4.74 Å². The normalized spacial score (nSPS) is 10.9. The summed E-state index contributed by atoms with van der Waals surface area (Å²) in [6.07, 6.45) is 1.16. The number of hydrogen-bond donors (Lipinski definition) is 0. The highest BCUT2D eigenvalue weighted by Gasteiger charge is 2.15. The highest BCUT2D eigenvalue weighted by Crippen LogP contribution is 2.29. The minimum absolute atomic E-state index is 0.284. The average molecular weight is 238 g/mol. The van der Waals surface area contributed by atoms with Crippen LogP contribution in [-0.4, -0.2) is 6.10 Å². The van der Waals surface area contributed by atoms with E-state index in [9.17, 15) is 8.78 Å². The molecule has 1 heterocycles. The third kappa shape index (κ3) is 2.46. The average Bonchev–Trinajstić information content (AvgIpc) is 2.76. The van der Waals surface area contributed by atoms with Gasteiger partial charge in [-0.3, -0.25) is 0 Å². The number of rotatable bonds is 3. The van der Waals surface area contributed by atoms with E-state index in [2.05, 4.69) is 0 Å². The lowest BCUT2D eigenvalue weighted by Gasteiger charge is -2.12. The van der Waals surface area contributed by atoms with E-state index in [4.69, 9.17) is 9.15 Å². The van der Waals surface area contributed by atoms with Crippen molar-refractivity contribution in [2.45, 2.75) is 20.0 Å². The molecular weight excluding hydrogens is 226 g/mol. The molecule has 4 heteroatoms. The van der Waals surface area contributed by atoms with Crippen LogP contribution in [0.4, 0.5) is 8.78 Å². The summed E-state index contributed by atoms with van der Waals surface area (Å²) in [7, 11) is 0. The summed E-state index contributed by atoms with van der Waals surface area (Å²) < 4.78 is 37.5. The fourth-order valence-electron chi connectivity index (χ4n) is 1.49. The van der Waals surface area contributed by atoms with Crippen molar-refractivity contribution in [3.63, 3.8) is 0 Å². The number of hydrogen-bond acceptors (Lipinski definition) is 2. The molecule has 0 spiro atoms. The standard InChI is InChI=1S/C13H12F2O2/c1-8(2)17-13-10(14)6-9(7-11(13)15)12-4-3-5-16-12/h3-8H,1-2H3. The molecule has 0 N–H and O–H groups in total. The van der Waals surface area contributed by atoms with Gasteiger partial charge >= 0.3 is 0 Å². The largest absolute Gasteiger partial charge is 0.485 e. The van der Waals surface area contributed by atoms with Gasteiger partial charge in [0.1, 0.15) is 5.76 Å². The van der Waals surface area contributed by atoms with E-state index in [0.29, 0.717) is 11.3 Å². The van der Waals surface area contributed by atoms with E-state index in [0.717, 1.165) is 0 Å². The lowest BCUT2D eigenvalue weighted by Crippen LogP contribution is -2.08. The number of ether oxygens (including phenoxy) is 1. The quantitative estimate of drug-likeness (QED) is 0.806. The van der Waals surface area contributed by atoms with Gasteiger partial charge in [0.15, 0.2) is 17.4 Å². The van der Waals surface area contributed by atoms with Crippen molar-refractivity contribution >= 4 is 0 Å². The molecule has 2 aromatic rings. The molecule has 0 amide bonds. The predicted molar refractivity (Wildman–Crippen MR) is 59.8 cm³/mol. The molecule has 0 saturated carbocycles. The summed E-state index contributed by atoms with van der Waals surface area (Å²) in [6.45, 7) is 3.42. The van der Waals surface area contributed by atoms with Crippen LogP contribution in [0.2, 0.25) is 0 Å². The van der Waals surface area contributed by atoms with Crippen molar-refractivity contribution in [2.75, 3.05) is 0 Å². The third-order valence-corrected chi connectivity index (χ3v) is 2.16. The van der Waals surface area contributed by atoms with Crippen LogP contribution in [0.3, 0.4) is 0 Å². The molecule has 0 fully saturated rings. The Morgan fingerprint density at radius 3 is 2.29 bits per heavy atom. The zero-order valence-electron chi connectivity index (χ0n) is 9.54. The summed E-state index contributed by atoms with van der Waals surface area (Å²) in [4.78, 5) is 0. The fraction of sp³-hybridized carbons (Fsp3) is 0.231. The van der Waals surface area contributed by atoms with Gasteiger partial charge in [0.25, 0.3) is 0 Å². The Hall–Kier alpha value is -1.84. The predicted octanol–water partition coefficient (Wildman–Crippen LogP) is 4.01. The minimum atomic E-state index is -0.731. The van der Waals surface area contributed by atoms with Gasteiger partial charge in [0, 0.05) is 5.56 Å². The molecule has 0 bridgehead atoms. The summed E-state index contributed by atoms with van der Waals surface area (Å²) in [5.74, 6) is -1.40. The SMILES string of the molecule is CC(C)Oc1c(F)cc(-c2ccco2)cc1F. The van der Waals surface area contributed by atoms with Crippen molar-refractivity contribution in [3.8, 4) is 17.1 Å². The smallest absolute Gasteiger partial charge is 0.191 e. The molecular formula is C13H12F2O2. The van der Waals surface area contributed by atoms with Crippen molar-refractivity contribution in [1.82, 2.24) is 0 Å². The van der Waals surface area contributed by atoms with E-state index in [-0.39, 0.29) is 11.9 Å². The Kier molecular flexibility index (Phi) is 3.13. The Morgan fingerprint density at radius 1 is 1.18 bits per heavy atom. The van der Waals surface area contributed by atoms with E-state index < -0.39 is 11.6 Å². The van der Waals surface area contributed by atoms with Crippen LogP contribution >= 0.6 is 0 Å². The second-order valence-electron chi connectivity index (χ2n) is 3.91. The molecule has 2 rings (SSSR count). The van der Waals surface area contributed by atoms with E-state index in [1.807, 2.05) is 0 Å². The first kappa shape index (κ1) is 11.6. The molecule has 0 aliphatic rings. The maximum absolute atomic E-state index is 13.7. The Labute approximate surface area is 97.8 Å². The van der Waals surface area contributed by atoms with Gasteiger partial charge in [-0.1, -0.05) is 0 Å². The second-order valence-corrected chi connectivity index (χ2v) is 3.91. The van der Waals surface area contributed by atoms with Crippen LogP contribution in [0.5, 0.6) is 5.75 Å². The van der Waals surface area contributed by atoms with E-state index >= 15 is 0 Å². The zero-order valence-corrected chi connectivity index (χ0v) is 9.54. The number of furan rings is 1. The maximum atomic E-state index is 13.7. The first-order valence-corrected chi connectivity index (χ1v) is 5.27. The molecule has 17 heavy (non-hydrogen) atoms. The highest BCUT2D eigenvalue weighted by molar-refractivity contribution is 5.59. The molecule has 0 radical (unpaired) electrons. The van der Waals surface area contributed by atoms with Crippen LogP contribution in [0, 0.1) is 11.6 Å². The van der Waals surface area contributed by atoms with Crippen molar-refractivity contribution in [3.05, 3.63) is 42.2 Å². The third-order valence-electron chi connectivity index (χ3n) is 2.16. The van der Waals surface area contributed by atoms with Crippen molar-refractivity contribution < 1.29 is 17.9 Å². The molecule has 0 atom stereocenters. The number of benzene rings is 1. The van der Waals surface area contributed by atoms with Crippen molar-refractivity contribution in [1.29, 1.82) is 0 Å². The van der Waals surface area contributed by atoms with Gasteiger partial charge in [-0.25, -0.2) is 8.78 Å². The van der Waals surface area contributed by atoms with Gasteiger partial charge in [0.05, 0.1) is 12.4 Å². The summed E-state index contributed by atoms with van der Waals surface area (Å²) in [5, 5.41) is 0. The Bertz CT molecular complexity index is 481. The molecule has 0 aliphatic heterocycles. The second kappa shape index (κ2) is 4.57. The van der Waals surface area contributed by atoms with E-state index in [1.54, 1.807) is 26.0 Å². The zero-order chi connectivity index (χ0) is 12.4. The molecule has 1 aromatic heterocycles. The lowest BCUT2D eigenvalue weighted by molar-refractivity contribution is 0.219. The van der Waals surface area contributed by atoms with E-state index in [1.165, 1.54) is 18.4 Å². The summed E-state index contributed by atoms with van der Waals surface area (Å²) in [5.41, 5.74) is 0.348.